The summed E-state index contributed by atoms with van der Waals surface area (Å²) in [4.78, 5) is 11.9. The summed E-state index contributed by atoms with van der Waals surface area (Å²) in [6.45, 7) is 7.10. The van der Waals surface area contributed by atoms with Crippen molar-refractivity contribution in [2.45, 2.75) is 6.04 Å². The summed E-state index contributed by atoms with van der Waals surface area (Å²) in [5.41, 5.74) is 2.33. The minimum absolute atomic E-state index is 0.135. The third-order valence-electron chi connectivity index (χ3n) is 4.08. The Balaban J connectivity index is 1.77. The summed E-state index contributed by atoms with van der Waals surface area (Å²) < 4.78 is 20.3. The van der Waals surface area contributed by atoms with Crippen LogP contribution in [0, 0.1) is 12.4 Å². The smallest absolute Gasteiger partial charge is 0.296 e. The number of pyridine rings is 1. The van der Waals surface area contributed by atoms with Crippen molar-refractivity contribution in [2.24, 2.45) is 0 Å². The number of benzene rings is 2. The molecule has 2 heterocycles. The molecule has 138 valence electrons. The number of oxazole rings is 1. The Bertz CT molecular complexity index is 1200. The Labute approximate surface area is 169 Å². The standard InChI is InChI=1S/C20H11Cl2FN4O/c1-24-14-6-7-17-16(9-14)26-20(28-17)27-18(11-2-4-12(21)5-3-11)19-15(23)8-13(22)10-25-19/h2-10,18H,(H,26,27)/t18-/m0/s1. The third kappa shape index (κ3) is 3.63. The number of hydrogen-bond acceptors (Lipinski definition) is 4. The van der Waals surface area contributed by atoms with Gasteiger partial charge >= 0.3 is 0 Å². The van der Waals surface area contributed by atoms with Crippen LogP contribution in [0.1, 0.15) is 17.3 Å². The van der Waals surface area contributed by atoms with Gasteiger partial charge in [0, 0.05) is 11.2 Å². The number of aromatic nitrogens is 2. The van der Waals surface area contributed by atoms with Crippen molar-refractivity contribution in [1.82, 2.24) is 9.97 Å². The van der Waals surface area contributed by atoms with Crippen LogP contribution in [0.5, 0.6) is 0 Å². The molecule has 0 unspecified atom stereocenters. The number of hydrogen-bond donors (Lipinski definition) is 1. The van der Waals surface area contributed by atoms with Crippen molar-refractivity contribution in [3.8, 4) is 0 Å². The number of nitrogens with zero attached hydrogens (tertiary/aromatic N) is 3. The fraction of sp³-hybridized carbons (Fsp3) is 0.0500. The van der Waals surface area contributed by atoms with E-state index in [2.05, 4.69) is 20.1 Å². The lowest BCUT2D eigenvalue weighted by Crippen LogP contribution is -2.16. The molecule has 1 atom stereocenters. The molecule has 0 aliphatic rings. The number of nitrogens with one attached hydrogen (secondary N) is 1. The minimum atomic E-state index is -0.692. The maximum absolute atomic E-state index is 14.6. The summed E-state index contributed by atoms with van der Waals surface area (Å²) >= 11 is 11.8. The molecule has 8 heteroatoms. The molecule has 0 amide bonds. The van der Waals surface area contributed by atoms with Crippen LogP contribution in [0.2, 0.25) is 10.0 Å². The van der Waals surface area contributed by atoms with E-state index in [1.807, 2.05) is 0 Å². The van der Waals surface area contributed by atoms with Gasteiger partial charge in [0.15, 0.2) is 11.3 Å². The Morgan fingerprint density at radius 3 is 2.57 bits per heavy atom. The molecule has 0 bridgehead atoms. The van der Waals surface area contributed by atoms with Crippen LogP contribution in [0.25, 0.3) is 15.9 Å². The predicted molar refractivity (Wildman–Crippen MR) is 106 cm³/mol. The molecular formula is C20H11Cl2FN4O. The van der Waals surface area contributed by atoms with E-state index in [0.717, 1.165) is 0 Å². The van der Waals surface area contributed by atoms with E-state index in [9.17, 15) is 4.39 Å². The molecule has 5 nitrogen and oxygen atoms in total. The molecule has 0 fully saturated rings. The fourth-order valence-electron chi connectivity index (χ4n) is 2.77. The Kier molecular flexibility index (Phi) is 4.86. The Morgan fingerprint density at radius 1 is 1.07 bits per heavy atom. The van der Waals surface area contributed by atoms with Gasteiger partial charge in [-0.15, -0.1) is 0 Å². The average Bonchev–Trinajstić information content (AvgIpc) is 3.09. The second kappa shape index (κ2) is 7.47. The monoisotopic (exact) mass is 412 g/mol. The summed E-state index contributed by atoms with van der Waals surface area (Å²) in [6.07, 6.45) is 1.37. The zero-order chi connectivity index (χ0) is 19.7. The highest BCUT2D eigenvalue weighted by molar-refractivity contribution is 6.30. The van der Waals surface area contributed by atoms with Crippen molar-refractivity contribution in [3.05, 3.63) is 93.3 Å². The summed E-state index contributed by atoms with van der Waals surface area (Å²) in [6, 6.07) is 12.5. The van der Waals surface area contributed by atoms with E-state index in [1.165, 1.54) is 12.3 Å². The zero-order valence-electron chi connectivity index (χ0n) is 14.2. The van der Waals surface area contributed by atoms with Crippen molar-refractivity contribution in [2.75, 3.05) is 5.32 Å². The Hall–Kier alpha value is -3.14. The maximum atomic E-state index is 14.6. The first kappa shape index (κ1) is 18.2. The van der Waals surface area contributed by atoms with Gasteiger partial charge in [0.25, 0.3) is 6.01 Å². The molecule has 2 aromatic carbocycles. The maximum Gasteiger partial charge on any atom is 0.296 e. The highest BCUT2D eigenvalue weighted by atomic mass is 35.5. The van der Waals surface area contributed by atoms with Gasteiger partial charge in [0.05, 0.1) is 11.6 Å². The van der Waals surface area contributed by atoms with E-state index < -0.39 is 11.9 Å². The normalized spacial score (nSPS) is 11.9. The summed E-state index contributed by atoms with van der Waals surface area (Å²) in [5, 5.41) is 3.83. The second-order valence-electron chi connectivity index (χ2n) is 5.93. The SMILES string of the molecule is [C-]#[N+]c1ccc2oc(N[C@@H](c3ccc(Cl)cc3)c3ncc(Cl)cc3F)nc2c1. The first-order valence-electron chi connectivity index (χ1n) is 8.14. The fourth-order valence-corrected chi connectivity index (χ4v) is 3.04. The molecule has 0 spiro atoms. The van der Waals surface area contributed by atoms with Crippen LogP contribution in [-0.2, 0) is 0 Å². The predicted octanol–water partition coefficient (Wildman–Crippen LogP) is 6.42. The largest absolute Gasteiger partial charge is 0.424 e. The molecule has 4 aromatic rings. The number of anilines is 1. The van der Waals surface area contributed by atoms with Gasteiger partial charge in [-0.1, -0.05) is 41.4 Å². The molecule has 0 radical (unpaired) electrons. The Morgan fingerprint density at radius 2 is 1.86 bits per heavy atom. The van der Waals surface area contributed by atoms with Crippen LogP contribution in [0.15, 0.2) is 59.1 Å². The van der Waals surface area contributed by atoms with E-state index in [1.54, 1.807) is 42.5 Å². The van der Waals surface area contributed by atoms with Gasteiger partial charge in [0.2, 0.25) is 0 Å². The molecule has 2 aromatic heterocycles. The summed E-state index contributed by atoms with van der Waals surface area (Å²) in [5.74, 6) is -0.564. The van der Waals surface area contributed by atoms with Gasteiger partial charge in [-0.25, -0.2) is 9.24 Å². The van der Waals surface area contributed by atoms with Crippen LogP contribution in [0.4, 0.5) is 16.1 Å². The van der Waals surface area contributed by atoms with Crippen LogP contribution >= 0.6 is 23.2 Å². The molecule has 0 aliphatic heterocycles. The van der Waals surface area contributed by atoms with Gasteiger partial charge in [0.1, 0.15) is 23.1 Å². The highest BCUT2D eigenvalue weighted by Crippen LogP contribution is 2.31. The van der Waals surface area contributed by atoms with Gasteiger partial charge < -0.3 is 9.73 Å². The minimum Gasteiger partial charge on any atom is -0.424 e. The van der Waals surface area contributed by atoms with E-state index in [0.29, 0.717) is 27.4 Å². The van der Waals surface area contributed by atoms with Gasteiger partial charge in [-0.2, -0.15) is 4.98 Å². The lowest BCUT2D eigenvalue weighted by Gasteiger charge is -2.18. The third-order valence-corrected chi connectivity index (χ3v) is 4.54. The molecule has 1 N–H and O–H groups in total. The lowest BCUT2D eigenvalue weighted by atomic mass is 10.0. The number of rotatable bonds is 4. The van der Waals surface area contributed by atoms with Crippen molar-refractivity contribution < 1.29 is 8.81 Å². The van der Waals surface area contributed by atoms with E-state index >= 15 is 0 Å². The molecular weight excluding hydrogens is 402 g/mol. The summed E-state index contributed by atoms with van der Waals surface area (Å²) in [7, 11) is 0. The first-order valence-corrected chi connectivity index (χ1v) is 8.90. The average molecular weight is 413 g/mol. The molecule has 0 aliphatic carbocycles. The zero-order valence-corrected chi connectivity index (χ0v) is 15.7. The van der Waals surface area contributed by atoms with Crippen LogP contribution in [0.3, 0.4) is 0 Å². The van der Waals surface area contributed by atoms with Crippen molar-refractivity contribution >= 4 is 46.0 Å². The number of fused-ring (bicyclic) bond motifs is 1. The quantitative estimate of drug-likeness (QED) is 0.392. The van der Waals surface area contributed by atoms with Gasteiger partial charge in [-0.05, 0) is 35.9 Å². The number of halogens is 3. The van der Waals surface area contributed by atoms with Crippen LogP contribution in [-0.4, -0.2) is 9.97 Å². The highest BCUT2D eigenvalue weighted by Gasteiger charge is 2.22. The molecule has 28 heavy (non-hydrogen) atoms. The van der Waals surface area contributed by atoms with E-state index in [4.69, 9.17) is 34.2 Å². The molecule has 4 rings (SSSR count). The lowest BCUT2D eigenvalue weighted by molar-refractivity contribution is 0.577. The van der Waals surface area contributed by atoms with E-state index in [-0.39, 0.29) is 16.7 Å². The van der Waals surface area contributed by atoms with Crippen molar-refractivity contribution in [3.63, 3.8) is 0 Å². The topological polar surface area (TPSA) is 55.3 Å². The first-order chi connectivity index (χ1) is 13.5. The van der Waals surface area contributed by atoms with Crippen molar-refractivity contribution in [1.29, 1.82) is 0 Å². The van der Waals surface area contributed by atoms with Gasteiger partial charge in [-0.3, -0.25) is 4.98 Å². The van der Waals surface area contributed by atoms with Crippen LogP contribution < -0.4 is 5.32 Å². The molecule has 0 saturated carbocycles. The molecule has 0 saturated heterocycles. The second-order valence-corrected chi connectivity index (χ2v) is 6.81.